The van der Waals surface area contributed by atoms with Gasteiger partial charge in [-0.25, -0.2) is 13.6 Å². The molecular weight excluding hydrogens is 300 g/mol. The van der Waals surface area contributed by atoms with Crippen molar-refractivity contribution in [2.75, 3.05) is 5.32 Å². The number of rotatable bonds is 3. The summed E-state index contributed by atoms with van der Waals surface area (Å²) in [4.78, 5) is 23.7. The Bertz CT molecular complexity index is 740. The second kappa shape index (κ2) is 5.61. The molecule has 0 unspecified atom stereocenters. The molecule has 4 nitrogen and oxygen atoms in total. The van der Waals surface area contributed by atoms with Gasteiger partial charge in [0.15, 0.2) is 0 Å². The Hall–Kier alpha value is -2.28. The lowest BCUT2D eigenvalue weighted by atomic mass is 10.1. The topological polar surface area (TPSA) is 66.4 Å². The van der Waals surface area contributed by atoms with E-state index in [-0.39, 0.29) is 16.1 Å². The van der Waals surface area contributed by atoms with Crippen LogP contribution in [0.4, 0.5) is 13.8 Å². The van der Waals surface area contributed by atoms with Gasteiger partial charge in [-0.15, -0.1) is 11.3 Å². The number of amides is 1. The van der Waals surface area contributed by atoms with Crippen molar-refractivity contribution in [3.8, 4) is 0 Å². The Balaban J connectivity index is 2.40. The second-order valence-corrected chi connectivity index (χ2v) is 5.67. The summed E-state index contributed by atoms with van der Waals surface area (Å²) >= 11 is 1.02. The van der Waals surface area contributed by atoms with E-state index >= 15 is 0 Å². The van der Waals surface area contributed by atoms with E-state index in [0.717, 1.165) is 17.4 Å². The van der Waals surface area contributed by atoms with Gasteiger partial charge in [-0.2, -0.15) is 0 Å². The molecule has 1 heterocycles. The van der Waals surface area contributed by atoms with Gasteiger partial charge < -0.3 is 10.4 Å². The van der Waals surface area contributed by atoms with Crippen molar-refractivity contribution >= 4 is 28.2 Å². The molecule has 1 aromatic carbocycles. The van der Waals surface area contributed by atoms with Crippen LogP contribution in [0.2, 0.25) is 0 Å². The van der Waals surface area contributed by atoms with E-state index in [1.54, 1.807) is 6.92 Å². The lowest BCUT2D eigenvalue weighted by Crippen LogP contribution is -2.17. The van der Waals surface area contributed by atoms with Gasteiger partial charge >= 0.3 is 5.97 Å². The van der Waals surface area contributed by atoms with Gasteiger partial charge in [-0.1, -0.05) is 6.07 Å². The van der Waals surface area contributed by atoms with Crippen LogP contribution in [0.1, 0.15) is 31.2 Å². The molecule has 7 heteroatoms. The molecule has 2 N–H and O–H groups in total. The van der Waals surface area contributed by atoms with Crippen LogP contribution in [0.25, 0.3) is 0 Å². The number of anilines is 1. The van der Waals surface area contributed by atoms with Gasteiger partial charge in [0.2, 0.25) is 0 Å². The van der Waals surface area contributed by atoms with Crippen LogP contribution in [0.5, 0.6) is 0 Å². The van der Waals surface area contributed by atoms with Gasteiger partial charge in [-0.05, 0) is 31.5 Å². The molecule has 0 bridgehead atoms. The van der Waals surface area contributed by atoms with E-state index in [1.165, 1.54) is 19.1 Å². The highest BCUT2D eigenvalue weighted by Crippen LogP contribution is 2.28. The molecule has 0 saturated heterocycles. The zero-order valence-corrected chi connectivity index (χ0v) is 12.0. The molecule has 0 fully saturated rings. The lowest BCUT2D eigenvalue weighted by molar-refractivity contribution is 0.0698. The average Bonchev–Trinajstić information content (AvgIpc) is 2.75. The third kappa shape index (κ3) is 2.92. The molecule has 0 aliphatic rings. The first-order valence-corrected chi connectivity index (χ1v) is 6.72. The fourth-order valence-corrected chi connectivity index (χ4v) is 2.70. The normalized spacial score (nSPS) is 10.5. The summed E-state index contributed by atoms with van der Waals surface area (Å²) in [6.45, 7) is 3.07. The fraction of sp³-hybridized carbons (Fsp3) is 0.143. The molecule has 1 amide bonds. The van der Waals surface area contributed by atoms with Crippen LogP contribution in [-0.2, 0) is 0 Å². The quantitative estimate of drug-likeness (QED) is 0.910. The lowest BCUT2D eigenvalue weighted by Gasteiger charge is -2.08. The Labute approximate surface area is 123 Å². The first-order valence-electron chi connectivity index (χ1n) is 5.91. The minimum atomic E-state index is -1.22. The Morgan fingerprint density at radius 1 is 1.24 bits per heavy atom. The molecule has 2 rings (SSSR count). The number of halogens is 2. The number of carboxylic acid groups (broad SMARTS) is 1. The maximum absolute atomic E-state index is 13.9. The van der Waals surface area contributed by atoms with Gasteiger partial charge in [-0.3, -0.25) is 4.79 Å². The Morgan fingerprint density at radius 2 is 1.90 bits per heavy atom. The SMILES string of the molecule is Cc1cc(C(=O)O)c(NC(=O)c2c(F)ccc(C)c2F)s1. The fourth-order valence-electron chi connectivity index (χ4n) is 1.80. The summed E-state index contributed by atoms with van der Waals surface area (Å²) in [6, 6.07) is 3.59. The molecular formula is C14H11F2NO3S. The maximum atomic E-state index is 13.9. The number of nitrogens with one attached hydrogen (secondary N) is 1. The largest absolute Gasteiger partial charge is 0.478 e. The number of hydrogen-bond acceptors (Lipinski definition) is 3. The summed E-state index contributed by atoms with van der Waals surface area (Å²) < 4.78 is 27.5. The van der Waals surface area contributed by atoms with E-state index < -0.39 is 29.1 Å². The Morgan fingerprint density at radius 3 is 2.52 bits per heavy atom. The third-order valence-electron chi connectivity index (χ3n) is 2.82. The highest BCUT2D eigenvalue weighted by molar-refractivity contribution is 7.16. The summed E-state index contributed by atoms with van der Waals surface area (Å²) in [7, 11) is 0. The maximum Gasteiger partial charge on any atom is 0.338 e. The summed E-state index contributed by atoms with van der Waals surface area (Å²) in [5.41, 5.74) is -0.709. The third-order valence-corrected chi connectivity index (χ3v) is 3.79. The predicted octanol–water partition coefficient (Wildman–Crippen LogP) is 3.59. The van der Waals surface area contributed by atoms with Gasteiger partial charge in [0.05, 0.1) is 5.56 Å². The van der Waals surface area contributed by atoms with Crippen LogP contribution in [0, 0.1) is 25.5 Å². The molecule has 0 spiro atoms. The van der Waals surface area contributed by atoms with Crippen LogP contribution >= 0.6 is 11.3 Å². The summed E-state index contributed by atoms with van der Waals surface area (Å²) in [6.07, 6.45) is 0. The van der Waals surface area contributed by atoms with Gasteiger partial charge in [0.1, 0.15) is 22.2 Å². The van der Waals surface area contributed by atoms with E-state index in [9.17, 15) is 18.4 Å². The highest BCUT2D eigenvalue weighted by atomic mass is 32.1. The number of carbonyl (C=O) groups excluding carboxylic acids is 1. The van der Waals surface area contributed by atoms with Crippen molar-refractivity contribution < 1.29 is 23.5 Å². The number of carbonyl (C=O) groups is 2. The second-order valence-electron chi connectivity index (χ2n) is 4.41. The Kier molecular flexibility index (Phi) is 4.04. The number of aromatic carboxylic acids is 1. The standard InChI is InChI=1S/C14H11F2NO3S/c1-6-3-4-9(15)10(11(6)16)12(18)17-13-8(14(19)20)5-7(2)21-13/h3-5H,1-2H3,(H,17,18)(H,19,20). The van der Waals surface area contributed by atoms with E-state index in [1.807, 2.05) is 0 Å². The van der Waals surface area contributed by atoms with Crippen molar-refractivity contribution in [1.29, 1.82) is 0 Å². The highest BCUT2D eigenvalue weighted by Gasteiger charge is 2.22. The monoisotopic (exact) mass is 311 g/mol. The molecule has 110 valence electrons. The first-order chi connectivity index (χ1) is 9.81. The first kappa shape index (κ1) is 15.1. The van der Waals surface area contributed by atoms with Crippen molar-refractivity contribution in [2.45, 2.75) is 13.8 Å². The molecule has 21 heavy (non-hydrogen) atoms. The minimum absolute atomic E-state index is 0.0466. The van der Waals surface area contributed by atoms with E-state index in [0.29, 0.717) is 4.88 Å². The van der Waals surface area contributed by atoms with Crippen molar-refractivity contribution in [1.82, 2.24) is 0 Å². The molecule has 0 saturated carbocycles. The molecule has 0 atom stereocenters. The van der Waals surface area contributed by atoms with Crippen LogP contribution < -0.4 is 5.32 Å². The number of hydrogen-bond donors (Lipinski definition) is 2. The number of thiophene rings is 1. The number of benzene rings is 1. The molecule has 1 aromatic heterocycles. The van der Waals surface area contributed by atoms with Crippen molar-refractivity contribution in [3.63, 3.8) is 0 Å². The van der Waals surface area contributed by atoms with E-state index in [4.69, 9.17) is 5.11 Å². The van der Waals surface area contributed by atoms with Crippen LogP contribution in [0.15, 0.2) is 18.2 Å². The molecule has 0 aliphatic heterocycles. The van der Waals surface area contributed by atoms with Crippen LogP contribution in [0.3, 0.4) is 0 Å². The predicted molar refractivity (Wildman–Crippen MR) is 75.1 cm³/mol. The van der Waals surface area contributed by atoms with Gasteiger partial charge in [0.25, 0.3) is 5.91 Å². The van der Waals surface area contributed by atoms with E-state index in [2.05, 4.69) is 5.32 Å². The molecule has 0 radical (unpaired) electrons. The smallest absolute Gasteiger partial charge is 0.338 e. The van der Waals surface area contributed by atoms with Gasteiger partial charge in [0, 0.05) is 4.88 Å². The molecule has 0 aliphatic carbocycles. The zero-order valence-electron chi connectivity index (χ0n) is 11.2. The summed E-state index contributed by atoms with van der Waals surface area (Å²) in [5.74, 6) is -4.20. The summed E-state index contributed by atoms with van der Waals surface area (Å²) in [5, 5.41) is 11.3. The minimum Gasteiger partial charge on any atom is -0.478 e. The molecule has 2 aromatic rings. The van der Waals surface area contributed by atoms with Crippen molar-refractivity contribution in [3.05, 3.63) is 51.4 Å². The van der Waals surface area contributed by atoms with Crippen molar-refractivity contribution in [2.24, 2.45) is 0 Å². The zero-order chi connectivity index (χ0) is 15.7. The van der Waals surface area contributed by atoms with Crippen LogP contribution in [-0.4, -0.2) is 17.0 Å². The number of carboxylic acids is 1. The average molecular weight is 311 g/mol. The number of aryl methyl sites for hydroxylation is 2.